The molecule has 0 radical (unpaired) electrons. The highest BCUT2D eigenvalue weighted by molar-refractivity contribution is 5.94. The highest BCUT2D eigenvalue weighted by Gasteiger charge is 2.40. The molecule has 0 aliphatic heterocycles. The molecule has 148 valence electrons. The Morgan fingerprint density at radius 3 is 2.68 bits per heavy atom. The molecule has 1 aromatic carbocycles. The molecule has 1 amide bonds. The van der Waals surface area contributed by atoms with Crippen molar-refractivity contribution in [3.63, 3.8) is 0 Å². The first-order valence-corrected chi connectivity index (χ1v) is 9.88. The lowest BCUT2D eigenvalue weighted by molar-refractivity contribution is -0.150. The van der Waals surface area contributed by atoms with Gasteiger partial charge in [-0.1, -0.05) is 25.3 Å². The van der Waals surface area contributed by atoms with Crippen LogP contribution in [0.3, 0.4) is 0 Å². The van der Waals surface area contributed by atoms with Crippen molar-refractivity contribution in [2.45, 2.75) is 51.4 Å². The zero-order chi connectivity index (χ0) is 19.7. The van der Waals surface area contributed by atoms with E-state index in [1.165, 1.54) is 12.1 Å². The van der Waals surface area contributed by atoms with E-state index in [2.05, 4.69) is 10.4 Å². The SMILES string of the molecule is O=C(NCC1(C(=O)O)CCCCC1)c1nn(-c2cccc(F)c2)c2c1CCC2. The molecule has 2 N–H and O–H groups in total. The second-order valence-corrected chi connectivity index (χ2v) is 7.85. The summed E-state index contributed by atoms with van der Waals surface area (Å²) in [7, 11) is 0. The van der Waals surface area contributed by atoms with Gasteiger partial charge in [-0.2, -0.15) is 5.10 Å². The summed E-state index contributed by atoms with van der Waals surface area (Å²) in [6, 6.07) is 6.15. The molecule has 0 saturated heterocycles. The Hall–Kier alpha value is -2.70. The number of benzene rings is 1. The second kappa shape index (κ2) is 7.37. The van der Waals surface area contributed by atoms with E-state index < -0.39 is 11.4 Å². The predicted molar refractivity (Wildman–Crippen MR) is 101 cm³/mol. The van der Waals surface area contributed by atoms with E-state index in [0.717, 1.165) is 49.8 Å². The Morgan fingerprint density at radius 1 is 1.18 bits per heavy atom. The van der Waals surface area contributed by atoms with Crippen molar-refractivity contribution in [1.29, 1.82) is 0 Å². The van der Waals surface area contributed by atoms with Gasteiger partial charge in [-0.05, 0) is 50.3 Å². The second-order valence-electron chi connectivity index (χ2n) is 7.85. The van der Waals surface area contributed by atoms with Gasteiger partial charge < -0.3 is 10.4 Å². The van der Waals surface area contributed by atoms with Crippen LogP contribution in [-0.4, -0.2) is 33.3 Å². The van der Waals surface area contributed by atoms with Crippen LogP contribution in [0, 0.1) is 11.2 Å². The zero-order valence-electron chi connectivity index (χ0n) is 15.7. The fraction of sp³-hybridized carbons (Fsp3) is 0.476. The zero-order valence-corrected chi connectivity index (χ0v) is 15.7. The number of fused-ring (bicyclic) bond motifs is 1. The molecule has 0 unspecified atom stereocenters. The van der Waals surface area contributed by atoms with E-state index in [9.17, 15) is 19.1 Å². The summed E-state index contributed by atoms with van der Waals surface area (Å²) >= 11 is 0. The quantitative estimate of drug-likeness (QED) is 0.827. The predicted octanol–water partition coefficient (Wildman–Crippen LogP) is 3.27. The van der Waals surface area contributed by atoms with Crippen LogP contribution in [0.5, 0.6) is 0 Å². The van der Waals surface area contributed by atoms with E-state index in [-0.39, 0.29) is 18.3 Å². The number of amides is 1. The van der Waals surface area contributed by atoms with E-state index in [1.54, 1.807) is 16.8 Å². The Labute approximate surface area is 162 Å². The molecule has 0 spiro atoms. The molecule has 28 heavy (non-hydrogen) atoms. The van der Waals surface area contributed by atoms with E-state index >= 15 is 0 Å². The molecule has 1 heterocycles. The number of carbonyl (C=O) groups is 2. The van der Waals surface area contributed by atoms with Crippen LogP contribution in [0.4, 0.5) is 4.39 Å². The lowest BCUT2D eigenvalue weighted by Crippen LogP contribution is -2.44. The van der Waals surface area contributed by atoms with Gasteiger partial charge in [0.1, 0.15) is 5.82 Å². The Balaban J connectivity index is 1.58. The summed E-state index contributed by atoms with van der Waals surface area (Å²) in [6.45, 7) is 0.114. The van der Waals surface area contributed by atoms with Gasteiger partial charge in [0.05, 0.1) is 11.1 Å². The van der Waals surface area contributed by atoms with Gasteiger partial charge in [0.25, 0.3) is 5.91 Å². The van der Waals surface area contributed by atoms with Crippen LogP contribution in [0.15, 0.2) is 24.3 Å². The molecule has 4 rings (SSSR count). The van der Waals surface area contributed by atoms with Crippen LogP contribution in [0.25, 0.3) is 5.69 Å². The molecule has 6 nitrogen and oxygen atoms in total. The number of halogens is 1. The van der Waals surface area contributed by atoms with Crippen LogP contribution >= 0.6 is 0 Å². The minimum atomic E-state index is -0.887. The largest absolute Gasteiger partial charge is 0.481 e. The smallest absolute Gasteiger partial charge is 0.311 e. The molecule has 0 bridgehead atoms. The van der Waals surface area contributed by atoms with Crippen LogP contribution < -0.4 is 5.32 Å². The third-order valence-electron chi connectivity index (χ3n) is 6.05. The molecule has 2 aliphatic rings. The minimum absolute atomic E-state index is 0.114. The third kappa shape index (κ3) is 3.30. The number of aliphatic carboxylic acids is 1. The average molecular weight is 385 g/mol. The highest BCUT2D eigenvalue weighted by atomic mass is 19.1. The normalized spacial score (nSPS) is 17.9. The maximum atomic E-state index is 13.6. The summed E-state index contributed by atoms with van der Waals surface area (Å²) in [4.78, 5) is 24.7. The van der Waals surface area contributed by atoms with E-state index in [1.807, 2.05) is 0 Å². The molecule has 1 saturated carbocycles. The number of aromatic nitrogens is 2. The Bertz CT molecular complexity index is 916. The fourth-order valence-corrected chi connectivity index (χ4v) is 4.47. The molecular formula is C21H24FN3O3. The van der Waals surface area contributed by atoms with Gasteiger partial charge in [-0.15, -0.1) is 0 Å². The highest BCUT2D eigenvalue weighted by Crippen LogP contribution is 2.36. The van der Waals surface area contributed by atoms with E-state index in [4.69, 9.17) is 0 Å². The Morgan fingerprint density at radius 2 is 1.96 bits per heavy atom. The van der Waals surface area contributed by atoms with Gasteiger partial charge in [-0.25, -0.2) is 9.07 Å². The van der Waals surface area contributed by atoms with Crippen LogP contribution in [0.2, 0.25) is 0 Å². The number of carboxylic acid groups (broad SMARTS) is 1. The molecule has 0 atom stereocenters. The number of rotatable bonds is 5. The summed E-state index contributed by atoms with van der Waals surface area (Å²) in [5, 5.41) is 17.0. The van der Waals surface area contributed by atoms with Gasteiger partial charge in [0, 0.05) is 17.8 Å². The first-order valence-electron chi connectivity index (χ1n) is 9.88. The Kier molecular flexibility index (Phi) is 4.91. The molecule has 2 aliphatic carbocycles. The van der Waals surface area contributed by atoms with Gasteiger partial charge in [0.2, 0.25) is 0 Å². The molecule has 1 fully saturated rings. The number of nitrogens with zero attached hydrogens (tertiary/aromatic N) is 2. The van der Waals surface area contributed by atoms with Gasteiger partial charge in [-0.3, -0.25) is 9.59 Å². The molecular weight excluding hydrogens is 361 g/mol. The van der Waals surface area contributed by atoms with Crippen molar-refractivity contribution in [1.82, 2.24) is 15.1 Å². The van der Waals surface area contributed by atoms with Crippen molar-refractivity contribution in [3.8, 4) is 5.69 Å². The third-order valence-corrected chi connectivity index (χ3v) is 6.05. The fourth-order valence-electron chi connectivity index (χ4n) is 4.47. The maximum Gasteiger partial charge on any atom is 0.311 e. The summed E-state index contributed by atoms with van der Waals surface area (Å²) < 4.78 is 15.3. The number of hydrogen-bond donors (Lipinski definition) is 2. The standard InChI is InChI=1S/C21H24FN3O3/c22-14-6-4-7-15(12-14)25-17-9-5-8-16(17)18(24-25)19(26)23-13-21(20(27)28)10-2-1-3-11-21/h4,6-7,12H,1-3,5,8-11,13H2,(H,23,26)(H,27,28). The average Bonchev–Trinajstić information content (AvgIpc) is 3.29. The lowest BCUT2D eigenvalue weighted by Gasteiger charge is -2.33. The van der Waals surface area contributed by atoms with Crippen molar-refractivity contribution < 1.29 is 19.1 Å². The van der Waals surface area contributed by atoms with E-state index in [0.29, 0.717) is 24.2 Å². The summed E-state index contributed by atoms with van der Waals surface area (Å²) in [5.74, 6) is -1.55. The molecule has 7 heteroatoms. The molecule has 1 aromatic heterocycles. The van der Waals surface area contributed by atoms with Gasteiger partial charge in [0.15, 0.2) is 5.69 Å². The lowest BCUT2D eigenvalue weighted by atomic mass is 9.74. The monoisotopic (exact) mass is 385 g/mol. The molecule has 2 aromatic rings. The summed E-state index contributed by atoms with van der Waals surface area (Å²) in [5.41, 5.74) is 1.85. The number of carbonyl (C=O) groups excluding carboxylic acids is 1. The maximum absolute atomic E-state index is 13.6. The van der Waals surface area contributed by atoms with Crippen molar-refractivity contribution in [2.24, 2.45) is 5.41 Å². The first-order chi connectivity index (χ1) is 13.5. The summed E-state index contributed by atoms with van der Waals surface area (Å²) in [6.07, 6.45) is 6.38. The minimum Gasteiger partial charge on any atom is -0.481 e. The van der Waals surface area contributed by atoms with Crippen LogP contribution in [-0.2, 0) is 17.6 Å². The van der Waals surface area contributed by atoms with Crippen molar-refractivity contribution in [2.75, 3.05) is 6.54 Å². The number of hydrogen-bond acceptors (Lipinski definition) is 3. The van der Waals surface area contributed by atoms with Gasteiger partial charge >= 0.3 is 5.97 Å². The van der Waals surface area contributed by atoms with Crippen LogP contribution in [0.1, 0.15) is 60.3 Å². The number of nitrogens with one attached hydrogen (secondary N) is 1. The van der Waals surface area contributed by atoms with Crippen molar-refractivity contribution >= 4 is 11.9 Å². The van der Waals surface area contributed by atoms with Crippen molar-refractivity contribution in [3.05, 3.63) is 47.0 Å². The first kappa shape index (κ1) is 18.7. The number of carboxylic acids is 1. The topological polar surface area (TPSA) is 84.2 Å².